The summed E-state index contributed by atoms with van der Waals surface area (Å²) in [7, 11) is 1.89. The molecule has 0 radical (unpaired) electrons. The Morgan fingerprint density at radius 3 is 2.54 bits per heavy atom. The van der Waals surface area contributed by atoms with Gasteiger partial charge in [0.2, 0.25) is 18.2 Å². The molecule has 4 aliphatic rings. The fraction of sp³-hybridized carbons (Fsp3) is 0.607. The SMILES string of the molecule is CN1C(=O)CC[C@@]2(C)C1=C(Cl)C[C@H]1[C@@H]3CC[C@H](CC(=O)Nc4ccc(NC=O)cc4)[C@@]3(C)CC[C@@H]12. The largest absolute Gasteiger partial charge is 0.329 e. The number of benzene rings is 1. The Labute approximate surface area is 212 Å². The van der Waals surface area contributed by atoms with E-state index in [2.05, 4.69) is 24.5 Å². The molecule has 6 nitrogen and oxygen atoms in total. The minimum absolute atomic E-state index is 0.0374. The highest BCUT2D eigenvalue weighted by molar-refractivity contribution is 6.30. The van der Waals surface area contributed by atoms with Crippen LogP contribution in [0.1, 0.15) is 65.2 Å². The van der Waals surface area contributed by atoms with E-state index in [0.717, 1.165) is 54.9 Å². The van der Waals surface area contributed by atoms with Gasteiger partial charge in [-0.3, -0.25) is 14.4 Å². The number of fused-ring (bicyclic) bond motifs is 5. The second-order valence-corrected chi connectivity index (χ2v) is 12.1. The molecule has 0 aromatic heterocycles. The number of likely N-dealkylation sites (tertiary alicyclic amines) is 1. The highest BCUT2D eigenvalue weighted by Gasteiger charge is 2.60. The minimum Gasteiger partial charge on any atom is -0.329 e. The van der Waals surface area contributed by atoms with Crippen LogP contribution in [0.25, 0.3) is 0 Å². The van der Waals surface area contributed by atoms with Crippen molar-refractivity contribution in [3.8, 4) is 0 Å². The van der Waals surface area contributed by atoms with E-state index >= 15 is 0 Å². The van der Waals surface area contributed by atoms with Crippen LogP contribution in [-0.2, 0) is 14.4 Å². The molecule has 188 valence electrons. The smallest absolute Gasteiger partial charge is 0.226 e. The van der Waals surface area contributed by atoms with Gasteiger partial charge in [-0.1, -0.05) is 25.4 Å². The number of carbonyl (C=O) groups is 3. The van der Waals surface area contributed by atoms with Crippen molar-refractivity contribution in [2.45, 2.75) is 65.2 Å². The van der Waals surface area contributed by atoms with Gasteiger partial charge < -0.3 is 15.5 Å². The van der Waals surface area contributed by atoms with Gasteiger partial charge in [-0.2, -0.15) is 0 Å². The van der Waals surface area contributed by atoms with Crippen molar-refractivity contribution in [1.82, 2.24) is 4.90 Å². The average Bonchev–Trinajstić information content (AvgIpc) is 3.14. The van der Waals surface area contributed by atoms with Crippen molar-refractivity contribution in [2.75, 3.05) is 17.7 Å². The summed E-state index contributed by atoms with van der Waals surface area (Å²) < 4.78 is 0. The highest BCUT2D eigenvalue weighted by atomic mass is 35.5. The zero-order chi connectivity index (χ0) is 25.0. The molecule has 1 aromatic carbocycles. The Hall–Kier alpha value is -2.34. The van der Waals surface area contributed by atoms with Crippen LogP contribution in [-0.4, -0.2) is 30.2 Å². The normalized spacial score (nSPS) is 36.2. The van der Waals surface area contributed by atoms with Gasteiger partial charge in [-0.05, 0) is 91.9 Å². The zero-order valence-corrected chi connectivity index (χ0v) is 21.7. The lowest BCUT2D eigenvalue weighted by atomic mass is 9.49. The van der Waals surface area contributed by atoms with E-state index in [4.69, 9.17) is 11.6 Å². The maximum absolute atomic E-state index is 13.0. The molecule has 1 aromatic rings. The van der Waals surface area contributed by atoms with Crippen LogP contribution in [0, 0.1) is 34.5 Å². The molecule has 35 heavy (non-hydrogen) atoms. The summed E-state index contributed by atoms with van der Waals surface area (Å²) in [6.45, 7) is 4.74. The van der Waals surface area contributed by atoms with E-state index < -0.39 is 0 Å². The molecule has 2 saturated carbocycles. The van der Waals surface area contributed by atoms with E-state index in [9.17, 15) is 14.4 Å². The first-order valence-corrected chi connectivity index (χ1v) is 13.3. The first kappa shape index (κ1) is 24.4. The van der Waals surface area contributed by atoms with Crippen LogP contribution >= 0.6 is 11.6 Å². The fourth-order valence-corrected chi connectivity index (χ4v) is 8.80. The Morgan fingerprint density at radius 1 is 1.11 bits per heavy atom. The molecule has 1 aliphatic heterocycles. The fourth-order valence-electron chi connectivity index (χ4n) is 8.28. The number of nitrogens with one attached hydrogen (secondary N) is 2. The first-order valence-electron chi connectivity index (χ1n) is 12.9. The van der Waals surface area contributed by atoms with Gasteiger partial charge in [-0.15, -0.1) is 0 Å². The Balaban J connectivity index is 1.30. The number of halogens is 1. The summed E-state index contributed by atoms with van der Waals surface area (Å²) >= 11 is 6.94. The van der Waals surface area contributed by atoms with Crippen LogP contribution in [0.3, 0.4) is 0 Å². The maximum atomic E-state index is 13.0. The third-order valence-electron chi connectivity index (χ3n) is 10.1. The number of allylic oxidation sites excluding steroid dienone is 2. The number of hydrogen-bond donors (Lipinski definition) is 2. The van der Waals surface area contributed by atoms with Gasteiger partial charge in [0.1, 0.15) is 0 Å². The van der Waals surface area contributed by atoms with Crippen LogP contribution in [0.5, 0.6) is 0 Å². The van der Waals surface area contributed by atoms with Crippen LogP contribution in [0.4, 0.5) is 11.4 Å². The van der Waals surface area contributed by atoms with E-state index in [1.807, 2.05) is 24.1 Å². The van der Waals surface area contributed by atoms with Gasteiger partial charge in [-0.25, -0.2) is 0 Å². The molecular weight excluding hydrogens is 462 g/mol. The molecule has 0 spiro atoms. The lowest BCUT2D eigenvalue weighted by molar-refractivity contribution is -0.136. The van der Waals surface area contributed by atoms with Crippen LogP contribution in [0.15, 0.2) is 35.0 Å². The summed E-state index contributed by atoms with van der Waals surface area (Å²) in [6.07, 6.45) is 7.99. The number of nitrogens with zero attached hydrogens (tertiary/aromatic N) is 1. The molecule has 5 rings (SSSR count). The number of carbonyl (C=O) groups excluding carboxylic acids is 3. The molecule has 6 atom stereocenters. The highest BCUT2D eigenvalue weighted by Crippen LogP contribution is 2.67. The molecular formula is C28H36ClN3O3. The Bertz CT molecular complexity index is 1070. The van der Waals surface area contributed by atoms with Crippen molar-refractivity contribution < 1.29 is 14.4 Å². The molecule has 3 amide bonds. The molecule has 3 aliphatic carbocycles. The summed E-state index contributed by atoms with van der Waals surface area (Å²) in [5.74, 6) is 2.21. The summed E-state index contributed by atoms with van der Waals surface area (Å²) in [5.41, 5.74) is 2.62. The van der Waals surface area contributed by atoms with Gasteiger partial charge in [0, 0.05) is 47.4 Å². The van der Waals surface area contributed by atoms with E-state index in [-0.39, 0.29) is 22.6 Å². The zero-order valence-electron chi connectivity index (χ0n) is 20.9. The molecule has 7 heteroatoms. The molecule has 2 N–H and O–H groups in total. The Kier molecular flexibility index (Phi) is 6.23. The molecule has 3 fully saturated rings. The monoisotopic (exact) mass is 497 g/mol. The van der Waals surface area contributed by atoms with Crippen molar-refractivity contribution in [2.24, 2.45) is 34.5 Å². The standard InChI is InChI=1S/C28H36ClN3O3/c1-27-12-10-22-20(15-23(29)26-28(22,2)13-11-25(35)32(26)3)21(27)9-4-17(27)14-24(34)31-19-7-5-18(6-8-19)30-16-33/h5-8,16-17,20-22H,4,9-15H2,1-3H3,(H,30,33)(H,31,34)/t17-,20+,21+,22+,27-,28-/m1/s1. The van der Waals surface area contributed by atoms with Crippen molar-refractivity contribution in [3.05, 3.63) is 35.0 Å². The average molecular weight is 498 g/mol. The van der Waals surface area contributed by atoms with Crippen LogP contribution in [0.2, 0.25) is 0 Å². The molecule has 1 saturated heterocycles. The van der Waals surface area contributed by atoms with Gasteiger partial charge in [0.15, 0.2) is 0 Å². The summed E-state index contributed by atoms with van der Waals surface area (Å²) in [6, 6.07) is 7.19. The number of hydrogen-bond acceptors (Lipinski definition) is 3. The van der Waals surface area contributed by atoms with Crippen molar-refractivity contribution >= 4 is 41.2 Å². The van der Waals surface area contributed by atoms with Crippen molar-refractivity contribution in [3.63, 3.8) is 0 Å². The first-order chi connectivity index (χ1) is 16.7. The lowest BCUT2D eigenvalue weighted by Crippen LogP contribution is -2.54. The summed E-state index contributed by atoms with van der Waals surface area (Å²) in [4.78, 5) is 37.8. The Morgan fingerprint density at radius 2 is 1.83 bits per heavy atom. The second-order valence-electron chi connectivity index (χ2n) is 11.6. The number of rotatable bonds is 5. The third kappa shape index (κ3) is 3.98. The van der Waals surface area contributed by atoms with Crippen molar-refractivity contribution in [1.29, 1.82) is 0 Å². The molecule has 0 bridgehead atoms. The van der Waals surface area contributed by atoms with E-state index in [0.29, 0.717) is 48.6 Å². The van der Waals surface area contributed by atoms with E-state index in [1.165, 1.54) is 0 Å². The quantitative estimate of drug-likeness (QED) is 0.508. The van der Waals surface area contributed by atoms with E-state index in [1.54, 1.807) is 12.1 Å². The maximum Gasteiger partial charge on any atom is 0.226 e. The lowest BCUT2D eigenvalue weighted by Gasteiger charge is -2.59. The van der Waals surface area contributed by atoms with Gasteiger partial charge in [0.25, 0.3) is 0 Å². The second kappa shape index (κ2) is 8.95. The summed E-state index contributed by atoms with van der Waals surface area (Å²) in [5, 5.41) is 6.53. The number of anilines is 2. The van der Waals surface area contributed by atoms with Crippen LogP contribution < -0.4 is 10.6 Å². The predicted molar refractivity (Wildman–Crippen MR) is 138 cm³/mol. The third-order valence-corrected chi connectivity index (χ3v) is 10.4. The minimum atomic E-state index is -0.0374. The molecule has 1 heterocycles. The van der Waals surface area contributed by atoms with Gasteiger partial charge in [0.05, 0.1) is 0 Å². The van der Waals surface area contributed by atoms with Gasteiger partial charge >= 0.3 is 0 Å². The predicted octanol–water partition coefficient (Wildman–Crippen LogP) is 5.75. The molecule has 0 unspecified atom stereocenters. The number of amides is 3. The topological polar surface area (TPSA) is 78.5 Å². The number of piperidine rings is 1.